The first-order valence-electron chi connectivity index (χ1n) is 7.80. The Bertz CT molecular complexity index is 668. The van der Waals surface area contributed by atoms with E-state index in [-0.39, 0.29) is 0 Å². The Labute approximate surface area is 134 Å². The van der Waals surface area contributed by atoms with Gasteiger partial charge in [-0.05, 0) is 31.0 Å². The fourth-order valence-electron chi connectivity index (χ4n) is 3.31. The molecule has 2 aliphatic rings. The molecule has 116 valence electrons. The molecule has 2 aliphatic heterocycles. The lowest BCUT2D eigenvalue weighted by Crippen LogP contribution is -2.44. The Balaban J connectivity index is 1.34. The largest absolute Gasteiger partial charge is 0.372 e. The van der Waals surface area contributed by atoms with Crippen molar-refractivity contribution in [2.75, 3.05) is 31.5 Å². The van der Waals surface area contributed by atoms with Crippen LogP contribution in [0.25, 0.3) is 11.0 Å². The molecule has 2 fully saturated rings. The van der Waals surface area contributed by atoms with Gasteiger partial charge in [0.25, 0.3) is 0 Å². The molecule has 2 unspecified atom stereocenters. The normalized spacial score (nSPS) is 24.8. The summed E-state index contributed by atoms with van der Waals surface area (Å²) in [4.78, 5) is 11.3. The molecule has 2 atom stereocenters. The molecule has 0 amide bonds. The SMILES string of the molecule is Clc1cnc2nc(NCCN3CC4CCC(C3)O4)ccc2c1. The highest BCUT2D eigenvalue weighted by Crippen LogP contribution is 2.25. The van der Waals surface area contributed by atoms with Crippen molar-refractivity contribution in [3.63, 3.8) is 0 Å². The zero-order chi connectivity index (χ0) is 14.9. The van der Waals surface area contributed by atoms with Gasteiger partial charge in [-0.3, -0.25) is 4.90 Å². The molecule has 0 aromatic carbocycles. The Morgan fingerprint density at radius 3 is 2.91 bits per heavy atom. The van der Waals surface area contributed by atoms with Gasteiger partial charge < -0.3 is 10.1 Å². The average molecular weight is 319 g/mol. The number of hydrogen-bond acceptors (Lipinski definition) is 5. The molecule has 4 heterocycles. The van der Waals surface area contributed by atoms with Gasteiger partial charge in [0.1, 0.15) is 5.82 Å². The minimum absolute atomic E-state index is 0.450. The lowest BCUT2D eigenvalue weighted by Gasteiger charge is -2.32. The molecule has 0 radical (unpaired) electrons. The van der Waals surface area contributed by atoms with E-state index in [2.05, 4.69) is 20.2 Å². The molecular weight excluding hydrogens is 300 g/mol. The van der Waals surface area contributed by atoms with E-state index in [0.717, 1.165) is 43.0 Å². The number of anilines is 1. The van der Waals surface area contributed by atoms with Crippen LogP contribution in [0.3, 0.4) is 0 Å². The van der Waals surface area contributed by atoms with Crippen LogP contribution >= 0.6 is 11.6 Å². The van der Waals surface area contributed by atoms with Crippen LogP contribution < -0.4 is 5.32 Å². The van der Waals surface area contributed by atoms with Gasteiger partial charge in [-0.1, -0.05) is 11.6 Å². The monoisotopic (exact) mass is 318 g/mol. The van der Waals surface area contributed by atoms with Crippen molar-refractivity contribution < 1.29 is 4.74 Å². The predicted molar refractivity (Wildman–Crippen MR) is 87.4 cm³/mol. The number of hydrogen-bond donors (Lipinski definition) is 1. The van der Waals surface area contributed by atoms with Crippen LogP contribution in [0.1, 0.15) is 12.8 Å². The van der Waals surface area contributed by atoms with Crippen LogP contribution in [-0.4, -0.2) is 53.3 Å². The molecule has 5 nitrogen and oxygen atoms in total. The fourth-order valence-corrected chi connectivity index (χ4v) is 3.47. The van der Waals surface area contributed by atoms with Gasteiger partial charge >= 0.3 is 0 Å². The van der Waals surface area contributed by atoms with E-state index in [1.807, 2.05) is 18.2 Å². The molecule has 2 saturated heterocycles. The lowest BCUT2D eigenvalue weighted by molar-refractivity contribution is -0.0368. The second-order valence-electron chi connectivity index (χ2n) is 6.04. The number of rotatable bonds is 4. The molecule has 0 saturated carbocycles. The third-order valence-electron chi connectivity index (χ3n) is 4.36. The number of aromatic nitrogens is 2. The average Bonchev–Trinajstić information content (AvgIpc) is 2.86. The quantitative estimate of drug-likeness (QED) is 0.939. The molecule has 2 aromatic rings. The second-order valence-corrected chi connectivity index (χ2v) is 6.48. The van der Waals surface area contributed by atoms with Crippen molar-refractivity contribution >= 4 is 28.5 Å². The number of fused-ring (bicyclic) bond motifs is 3. The second kappa shape index (κ2) is 5.99. The van der Waals surface area contributed by atoms with Gasteiger partial charge in [-0.2, -0.15) is 0 Å². The summed E-state index contributed by atoms with van der Waals surface area (Å²) >= 11 is 5.94. The van der Waals surface area contributed by atoms with Gasteiger partial charge in [0.15, 0.2) is 5.65 Å². The molecule has 22 heavy (non-hydrogen) atoms. The lowest BCUT2D eigenvalue weighted by atomic mass is 10.2. The zero-order valence-corrected chi connectivity index (χ0v) is 13.1. The van der Waals surface area contributed by atoms with Crippen molar-refractivity contribution in [1.82, 2.24) is 14.9 Å². The summed E-state index contributed by atoms with van der Waals surface area (Å²) in [6.07, 6.45) is 4.96. The molecule has 4 rings (SSSR count). The highest BCUT2D eigenvalue weighted by atomic mass is 35.5. The van der Waals surface area contributed by atoms with Crippen molar-refractivity contribution in [3.05, 3.63) is 29.4 Å². The van der Waals surface area contributed by atoms with E-state index in [0.29, 0.717) is 17.2 Å². The fraction of sp³-hybridized carbons (Fsp3) is 0.500. The highest BCUT2D eigenvalue weighted by molar-refractivity contribution is 6.31. The molecule has 6 heteroatoms. The maximum Gasteiger partial charge on any atom is 0.161 e. The van der Waals surface area contributed by atoms with Crippen LogP contribution in [-0.2, 0) is 4.74 Å². The number of nitrogens with one attached hydrogen (secondary N) is 1. The van der Waals surface area contributed by atoms with Crippen LogP contribution in [0, 0.1) is 0 Å². The maximum absolute atomic E-state index is 5.94. The van der Waals surface area contributed by atoms with Crippen LogP contribution in [0.4, 0.5) is 5.82 Å². The molecule has 0 aliphatic carbocycles. The predicted octanol–water partition coefficient (Wildman–Crippen LogP) is 2.56. The Morgan fingerprint density at radius 2 is 2.09 bits per heavy atom. The molecule has 2 bridgehead atoms. The minimum atomic E-state index is 0.450. The summed E-state index contributed by atoms with van der Waals surface area (Å²) in [5.41, 5.74) is 0.721. The smallest absolute Gasteiger partial charge is 0.161 e. The maximum atomic E-state index is 5.94. The van der Waals surface area contributed by atoms with Gasteiger partial charge in [0.2, 0.25) is 0 Å². The van der Waals surface area contributed by atoms with Gasteiger partial charge in [-0.25, -0.2) is 9.97 Å². The summed E-state index contributed by atoms with van der Waals surface area (Å²) in [5, 5.41) is 4.98. The molecule has 1 N–H and O–H groups in total. The van der Waals surface area contributed by atoms with Gasteiger partial charge in [0.05, 0.1) is 17.2 Å². The summed E-state index contributed by atoms with van der Waals surface area (Å²) < 4.78 is 5.86. The van der Waals surface area contributed by atoms with Crippen molar-refractivity contribution in [1.29, 1.82) is 0 Å². The van der Waals surface area contributed by atoms with E-state index in [1.54, 1.807) is 6.20 Å². The highest BCUT2D eigenvalue weighted by Gasteiger charge is 2.33. The number of morpholine rings is 1. The zero-order valence-electron chi connectivity index (χ0n) is 12.3. The van der Waals surface area contributed by atoms with E-state index in [4.69, 9.17) is 16.3 Å². The van der Waals surface area contributed by atoms with E-state index in [1.165, 1.54) is 12.8 Å². The third-order valence-corrected chi connectivity index (χ3v) is 4.57. The van der Waals surface area contributed by atoms with Crippen LogP contribution in [0.2, 0.25) is 5.02 Å². The van der Waals surface area contributed by atoms with Gasteiger partial charge in [0, 0.05) is 37.8 Å². The summed E-state index contributed by atoms with van der Waals surface area (Å²) in [5.74, 6) is 0.860. The molecule has 2 aromatic heterocycles. The van der Waals surface area contributed by atoms with Crippen molar-refractivity contribution in [3.8, 4) is 0 Å². The molecular formula is C16H19ClN4O. The van der Waals surface area contributed by atoms with E-state index >= 15 is 0 Å². The first kappa shape index (κ1) is 14.2. The number of ether oxygens (including phenoxy) is 1. The Hall–Kier alpha value is -1.43. The Morgan fingerprint density at radius 1 is 1.27 bits per heavy atom. The standard InChI is InChI=1S/C16H19ClN4O/c17-12-7-11-1-4-15(20-16(11)19-8-12)18-5-6-21-9-13-2-3-14(10-21)22-13/h1,4,7-8,13-14H,2-3,5-6,9-10H2,(H,18,19,20). The first-order valence-corrected chi connectivity index (χ1v) is 8.18. The summed E-state index contributed by atoms with van der Waals surface area (Å²) in [7, 11) is 0. The first-order chi connectivity index (χ1) is 10.8. The van der Waals surface area contributed by atoms with Crippen molar-refractivity contribution in [2.24, 2.45) is 0 Å². The number of likely N-dealkylation sites (tertiary alicyclic amines) is 1. The number of halogens is 1. The van der Waals surface area contributed by atoms with Gasteiger partial charge in [-0.15, -0.1) is 0 Å². The number of nitrogens with zero attached hydrogens (tertiary/aromatic N) is 3. The minimum Gasteiger partial charge on any atom is -0.372 e. The summed E-state index contributed by atoms with van der Waals surface area (Å²) in [6, 6.07) is 5.85. The van der Waals surface area contributed by atoms with E-state index < -0.39 is 0 Å². The third kappa shape index (κ3) is 3.02. The Kier molecular flexibility index (Phi) is 3.86. The topological polar surface area (TPSA) is 50.3 Å². The van der Waals surface area contributed by atoms with Crippen molar-refractivity contribution in [2.45, 2.75) is 25.0 Å². The van der Waals surface area contributed by atoms with E-state index in [9.17, 15) is 0 Å². The number of pyridine rings is 2. The van der Waals surface area contributed by atoms with Crippen LogP contribution in [0.5, 0.6) is 0 Å². The summed E-state index contributed by atoms with van der Waals surface area (Å²) in [6.45, 7) is 4.02. The molecule has 0 spiro atoms. The van der Waals surface area contributed by atoms with Crippen LogP contribution in [0.15, 0.2) is 24.4 Å².